The summed E-state index contributed by atoms with van der Waals surface area (Å²) in [5, 5.41) is 0. The smallest absolute Gasteiger partial charge is 0.135 e. The lowest BCUT2D eigenvalue weighted by Gasteiger charge is -2.36. The number of anilines is 1. The van der Waals surface area contributed by atoms with Gasteiger partial charge in [0.05, 0.1) is 14.2 Å². The third kappa shape index (κ3) is 3.85. The van der Waals surface area contributed by atoms with E-state index in [1.807, 2.05) is 19.1 Å². The van der Waals surface area contributed by atoms with E-state index in [9.17, 15) is 0 Å². The van der Waals surface area contributed by atoms with Gasteiger partial charge in [-0.2, -0.15) is 0 Å². The Morgan fingerprint density at radius 2 is 1.76 bits per heavy atom. The molecule has 0 N–H and O–H groups in total. The summed E-state index contributed by atoms with van der Waals surface area (Å²) in [4.78, 5) is 13.5. The zero-order valence-electron chi connectivity index (χ0n) is 15.5. The number of rotatable bonds is 5. The fourth-order valence-corrected chi connectivity index (χ4v) is 3.21. The maximum Gasteiger partial charge on any atom is 0.135 e. The number of aryl methyl sites for hydroxylation is 1. The van der Waals surface area contributed by atoms with Gasteiger partial charge in [-0.3, -0.25) is 4.90 Å². The van der Waals surface area contributed by atoms with Crippen molar-refractivity contribution in [1.82, 2.24) is 14.9 Å². The molecule has 1 fully saturated rings. The monoisotopic (exact) mass is 342 g/mol. The summed E-state index contributed by atoms with van der Waals surface area (Å²) >= 11 is 0. The minimum absolute atomic E-state index is 0.857. The van der Waals surface area contributed by atoms with E-state index in [2.05, 4.69) is 32.8 Å². The van der Waals surface area contributed by atoms with Gasteiger partial charge in [-0.25, -0.2) is 9.97 Å². The average Bonchev–Trinajstić information content (AvgIpc) is 2.64. The van der Waals surface area contributed by atoms with Crippen LogP contribution in [-0.2, 0) is 6.54 Å². The standard InChI is InChI=1S/C19H26N4O2/c1-14-15(2)20-13-21-19(14)23-9-7-22(8-10-23)12-16-11-17(24-3)5-6-18(16)25-4/h5-6,11,13H,7-10,12H2,1-4H3. The van der Waals surface area contributed by atoms with Crippen molar-refractivity contribution in [2.75, 3.05) is 45.3 Å². The predicted molar refractivity (Wildman–Crippen MR) is 98.5 cm³/mol. The molecule has 0 radical (unpaired) electrons. The van der Waals surface area contributed by atoms with E-state index in [4.69, 9.17) is 9.47 Å². The molecule has 1 aromatic carbocycles. The van der Waals surface area contributed by atoms with E-state index < -0.39 is 0 Å². The van der Waals surface area contributed by atoms with E-state index in [1.165, 1.54) is 5.56 Å². The third-order valence-corrected chi connectivity index (χ3v) is 4.86. The Balaban J connectivity index is 1.66. The first-order valence-electron chi connectivity index (χ1n) is 8.58. The van der Waals surface area contributed by atoms with Crippen LogP contribution in [0.1, 0.15) is 16.8 Å². The maximum absolute atomic E-state index is 5.50. The Morgan fingerprint density at radius 3 is 2.44 bits per heavy atom. The summed E-state index contributed by atoms with van der Waals surface area (Å²) < 4.78 is 10.8. The minimum atomic E-state index is 0.857. The summed E-state index contributed by atoms with van der Waals surface area (Å²) in [6, 6.07) is 5.96. The first-order chi connectivity index (χ1) is 12.1. The molecular weight excluding hydrogens is 316 g/mol. The zero-order valence-corrected chi connectivity index (χ0v) is 15.5. The third-order valence-electron chi connectivity index (χ3n) is 4.86. The molecule has 134 valence electrons. The van der Waals surface area contributed by atoms with E-state index in [-0.39, 0.29) is 0 Å². The van der Waals surface area contributed by atoms with Crippen LogP contribution in [0.3, 0.4) is 0 Å². The molecule has 2 heterocycles. The highest BCUT2D eigenvalue weighted by Gasteiger charge is 2.21. The fraction of sp³-hybridized carbons (Fsp3) is 0.474. The number of methoxy groups -OCH3 is 2. The Bertz CT molecular complexity index is 727. The molecule has 1 saturated heterocycles. The van der Waals surface area contributed by atoms with Gasteiger partial charge in [-0.1, -0.05) is 0 Å². The van der Waals surface area contributed by atoms with Crippen LogP contribution in [0.2, 0.25) is 0 Å². The van der Waals surface area contributed by atoms with Crippen molar-refractivity contribution in [3.8, 4) is 11.5 Å². The predicted octanol–water partition coefficient (Wildman–Crippen LogP) is 2.43. The van der Waals surface area contributed by atoms with Crippen LogP contribution < -0.4 is 14.4 Å². The van der Waals surface area contributed by atoms with Crippen molar-refractivity contribution in [3.63, 3.8) is 0 Å². The second kappa shape index (κ2) is 7.70. The van der Waals surface area contributed by atoms with Crippen LogP contribution >= 0.6 is 0 Å². The van der Waals surface area contributed by atoms with Crippen LogP contribution in [0.15, 0.2) is 24.5 Å². The molecule has 1 aliphatic rings. The van der Waals surface area contributed by atoms with Gasteiger partial charge in [0.1, 0.15) is 23.6 Å². The topological polar surface area (TPSA) is 50.7 Å². The molecule has 0 saturated carbocycles. The van der Waals surface area contributed by atoms with Crippen LogP contribution in [0.25, 0.3) is 0 Å². The highest BCUT2D eigenvalue weighted by molar-refractivity contribution is 5.48. The molecule has 2 aromatic rings. The quantitative estimate of drug-likeness (QED) is 0.832. The molecule has 0 atom stereocenters. The van der Waals surface area contributed by atoms with Gasteiger partial charge in [0.15, 0.2) is 0 Å². The van der Waals surface area contributed by atoms with Crippen LogP contribution in [0.4, 0.5) is 5.82 Å². The van der Waals surface area contributed by atoms with Crippen molar-refractivity contribution >= 4 is 5.82 Å². The lowest BCUT2D eigenvalue weighted by molar-refractivity contribution is 0.245. The molecule has 0 aliphatic carbocycles. The van der Waals surface area contributed by atoms with Gasteiger partial charge >= 0.3 is 0 Å². The number of piperazine rings is 1. The lowest BCUT2D eigenvalue weighted by atomic mass is 10.1. The Kier molecular flexibility index (Phi) is 5.38. The number of hydrogen-bond acceptors (Lipinski definition) is 6. The summed E-state index contributed by atoms with van der Waals surface area (Å²) in [6.07, 6.45) is 1.66. The molecule has 6 nitrogen and oxygen atoms in total. The second-order valence-electron chi connectivity index (χ2n) is 6.35. The summed E-state index contributed by atoms with van der Waals surface area (Å²) in [7, 11) is 3.40. The molecule has 25 heavy (non-hydrogen) atoms. The highest BCUT2D eigenvalue weighted by Crippen LogP contribution is 2.26. The van der Waals surface area contributed by atoms with E-state index in [0.29, 0.717) is 0 Å². The highest BCUT2D eigenvalue weighted by atomic mass is 16.5. The molecule has 0 amide bonds. The van der Waals surface area contributed by atoms with E-state index in [0.717, 1.165) is 61.3 Å². The molecule has 6 heteroatoms. The summed E-state index contributed by atoms with van der Waals surface area (Å²) in [5.41, 5.74) is 3.38. The number of ether oxygens (including phenoxy) is 2. The van der Waals surface area contributed by atoms with Crippen LogP contribution in [0.5, 0.6) is 11.5 Å². The maximum atomic E-state index is 5.50. The van der Waals surface area contributed by atoms with Crippen molar-refractivity contribution in [2.24, 2.45) is 0 Å². The number of hydrogen-bond donors (Lipinski definition) is 0. The Labute approximate surface area is 149 Å². The van der Waals surface area contributed by atoms with Crippen molar-refractivity contribution < 1.29 is 9.47 Å². The number of benzene rings is 1. The SMILES string of the molecule is COc1ccc(OC)c(CN2CCN(c3ncnc(C)c3C)CC2)c1. The van der Waals surface area contributed by atoms with Gasteiger partial charge in [0.2, 0.25) is 0 Å². The first-order valence-corrected chi connectivity index (χ1v) is 8.58. The van der Waals surface area contributed by atoms with Gasteiger partial charge in [0.25, 0.3) is 0 Å². The average molecular weight is 342 g/mol. The van der Waals surface area contributed by atoms with Crippen molar-refractivity contribution in [2.45, 2.75) is 20.4 Å². The normalized spacial score (nSPS) is 15.3. The second-order valence-corrected chi connectivity index (χ2v) is 6.35. The van der Waals surface area contributed by atoms with Crippen molar-refractivity contribution in [3.05, 3.63) is 41.3 Å². The van der Waals surface area contributed by atoms with E-state index in [1.54, 1.807) is 20.5 Å². The molecule has 0 spiro atoms. The lowest BCUT2D eigenvalue weighted by Crippen LogP contribution is -2.46. The summed E-state index contributed by atoms with van der Waals surface area (Å²) in [6.45, 7) is 8.89. The molecule has 1 aromatic heterocycles. The minimum Gasteiger partial charge on any atom is -0.497 e. The van der Waals surface area contributed by atoms with Crippen LogP contribution in [0, 0.1) is 13.8 Å². The number of nitrogens with zero attached hydrogens (tertiary/aromatic N) is 4. The van der Waals surface area contributed by atoms with Gasteiger partial charge in [0, 0.05) is 49.5 Å². The van der Waals surface area contributed by atoms with Crippen molar-refractivity contribution in [1.29, 1.82) is 0 Å². The summed E-state index contributed by atoms with van der Waals surface area (Å²) in [5.74, 6) is 2.83. The molecule has 0 bridgehead atoms. The van der Waals surface area contributed by atoms with Crippen LogP contribution in [-0.4, -0.2) is 55.3 Å². The number of aromatic nitrogens is 2. The molecule has 1 aliphatic heterocycles. The van der Waals surface area contributed by atoms with Gasteiger partial charge in [-0.05, 0) is 32.0 Å². The molecule has 0 unspecified atom stereocenters. The van der Waals surface area contributed by atoms with Gasteiger partial charge in [-0.15, -0.1) is 0 Å². The molecule has 3 rings (SSSR count). The van der Waals surface area contributed by atoms with Gasteiger partial charge < -0.3 is 14.4 Å². The molecular formula is C19H26N4O2. The fourth-order valence-electron chi connectivity index (χ4n) is 3.21. The zero-order chi connectivity index (χ0) is 17.8. The Morgan fingerprint density at radius 1 is 1.00 bits per heavy atom. The first kappa shape index (κ1) is 17.5. The largest absolute Gasteiger partial charge is 0.497 e. The van der Waals surface area contributed by atoms with E-state index >= 15 is 0 Å². The Hall–Kier alpha value is -2.34.